The first-order valence-corrected chi connectivity index (χ1v) is 5.92. The molecule has 1 aromatic rings. The average molecular weight is 290 g/mol. The van der Waals surface area contributed by atoms with Crippen LogP contribution in [0.3, 0.4) is 0 Å². The summed E-state index contributed by atoms with van der Waals surface area (Å²) in [5.41, 5.74) is -1.77. The number of ether oxygens (including phenoxy) is 1. The number of nitrogens with one attached hydrogen (secondary N) is 1. The van der Waals surface area contributed by atoms with E-state index in [1.165, 1.54) is 11.9 Å². The molecule has 1 fully saturated rings. The highest BCUT2D eigenvalue weighted by Gasteiger charge is 2.39. The van der Waals surface area contributed by atoms with Gasteiger partial charge >= 0.3 is 6.18 Å². The second-order valence-electron chi connectivity index (χ2n) is 4.11. The van der Waals surface area contributed by atoms with Gasteiger partial charge in [-0.2, -0.15) is 13.2 Å². The van der Waals surface area contributed by atoms with Gasteiger partial charge in [0.15, 0.2) is 5.69 Å². The van der Waals surface area contributed by atoms with Gasteiger partial charge in [-0.25, -0.2) is 9.97 Å². The number of nitrogens with zero attached hydrogens (tertiary/aromatic N) is 3. The lowest BCUT2D eigenvalue weighted by Crippen LogP contribution is -2.41. The van der Waals surface area contributed by atoms with Gasteiger partial charge in [-0.1, -0.05) is 0 Å². The van der Waals surface area contributed by atoms with Crippen molar-refractivity contribution in [1.82, 2.24) is 14.9 Å². The molecule has 1 N–H and O–H groups in total. The van der Waals surface area contributed by atoms with Crippen molar-refractivity contribution in [3.63, 3.8) is 0 Å². The SMILES string of the molecule is CNc1ncc(C(=O)N2CCOCC2)c(C(F)(F)F)n1. The van der Waals surface area contributed by atoms with E-state index < -0.39 is 23.3 Å². The van der Waals surface area contributed by atoms with Gasteiger partial charge in [0.2, 0.25) is 5.95 Å². The maximum atomic E-state index is 13.0. The van der Waals surface area contributed by atoms with Gasteiger partial charge in [0.25, 0.3) is 5.91 Å². The van der Waals surface area contributed by atoms with Crippen molar-refractivity contribution in [2.75, 3.05) is 38.7 Å². The van der Waals surface area contributed by atoms with Crippen LogP contribution < -0.4 is 5.32 Å². The van der Waals surface area contributed by atoms with E-state index in [0.717, 1.165) is 6.20 Å². The molecule has 1 amide bonds. The molecule has 1 aliphatic rings. The number of carbonyl (C=O) groups is 1. The van der Waals surface area contributed by atoms with Crippen molar-refractivity contribution in [2.24, 2.45) is 0 Å². The van der Waals surface area contributed by atoms with E-state index in [9.17, 15) is 18.0 Å². The number of alkyl halides is 3. The molecule has 0 spiro atoms. The fourth-order valence-corrected chi connectivity index (χ4v) is 1.81. The molecule has 2 rings (SSSR count). The molecule has 1 aromatic heterocycles. The topological polar surface area (TPSA) is 67.4 Å². The molecule has 0 aromatic carbocycles. The monoisotopic (exact) mass is 290 g/mol. The Morgan fingerprint density at radius 2 is 2.05 bits per heavy atom. The van der Waals surface area contributed by atoms with E-state index in [1.807, 2.05) is 0 Å². The molecular formula is C11H13F3N4O2. The molecule has 6 nitrogen and oxygen atoms in total. The highest BCUT2D eigenvalue weighted by molar-refractivity contribution is 5.95. The van der Waals surface area contributed by atoms with Crippen LogP contribution in [-0.2, 0) is 10.9 Å². The standard InChI is InChI=1S/C11H13F3N4O2/c1-15-10-16-6-7(8(17-10)11(12,13)14)9(19)18-2-4-20-5-3-18/h6H,2-5H2,1H3,(H,15,16,17). The van der Waals surface area contributed by atoms with Gasteiger partial charge in [0.05, 0.1) is 18.8 Å². The zero-order chi connectivity index (χ0) is 14.8. The molecule has 0 radical (unpaired) electrons. The number of rotatable bonds is 2. The predicted octanol–water partition coefficient (Wildman–Crippen LogP) is 1.01. The number of morpholine rings is 1. The van der Waals surface area contributed by atoms with Crippen LogP contribution in [0.2, 0.25) is 0 Å². The van der Waals surface area contributed by atoms with Crippen LogP contribution in [0.15, 0.2) is 6.20 Å². The van der Waals surface area contributed by atoms with Gasteiger partial charge in [0, 0.05) is 26.3 Å². The van der Waals surface area contributed by atoms with Crippen LogP contribution in [0.1, 0.15) is 16.1 Å². The van der Waals surface area contributed by atoms with Gasteiger partial charge in [-0.15, -0.1) is 0 Å². The lowest BCUT2D eigenvalue weighted by Gasteiger charge is -2.27. The zero-order valence-electron chi connectivity index (χ0n) is 10.7. The van der Waals surface area contributed by atoms with Crippen molar-refractivity contribution in [3.05, 3.63) is 17.5 Å². The number of hydrogen-bond donors (Lipinski definition) is 1. The first-order chi connectivity index (χ1) is 9.43. The van der Waals surface area contributed by atoms with Crippen LogP contribution in [0, 0.1) is 0 Å². The van der Waals surface area contributed by atoms with Crippen molar-refractivity contribution in [3.8, 4) is 0 Å². The third kappa shape index (κ3) is 2.98. The van der Waals surface area contributed by atoms with E-state index in [-0.39, 0.29) is 19.0 Å². The Kier molecular flexibility index (Phi) is 4.07. The third-order valence-corrected chi connectivity index (χ3v) is 2.81. The Hall–Kier alpha value is -1.90. The van der Waals surface area contributed by atoms with Gasteiger partial charge in [0.1, 0.15) is 0 Å². The van der Waals surface area contributed by atoms with Crippen molar-refractivity contribution in [2.45, 2.75) is 6.18 Å². The van der Waals surface area contributed by atoms with E-state index in [1.54, 1.807) is 0 Å². The molecule has 110 valence electrons. The molecule has 0 saturated carbocycles. The molecular weight excluding hydrogens is 277 g/mol. The third-order valence-electron chi connectivity index (χ3n) is 2.81. The van der Waals surface area contributed by atoms with Crippen molar-refractivity contribution in [1.29, 1.82) is 0 Å². The minimum Gasteiger partial charge on any atom is -0.378 e. The Morgan fingerprint density at radius 3 is 2.60 bits per heavy atom. The van der Waals surface area contributed by atoms with E-state index in [2.05, 4.69) is 15.3 Å². The highest BCUT2D eigenvalue weighted by atomic mass is 19.4. The summed E-state index contributed by atoms with van der Waals surface area (Å²) < 4.78 is 44.0. The number of aromatic nitrogens is 2. The summed E-state index contributed by atoms with van der Waals surface area (Å²) in [5.74, 6) is -0.917. The average Bonchev–Trinajstić information content (AvgIpc) is 2.46. The number of halogens is 3. The maximum Gasteiger partial charge on any atom is 0.434 e. The molecule has 20 heavy (non-hydrogen) atoms. The van der Waals surface area contributed by atoms with Crippen LogP contribution >= 0.6 is 0 Å². The highest BCUT2D eigenvalue weighted by Crippen LogP contribution is 2.31. The van der Waals surface area contributed by atoms with Crippen LogP contribution in [0.4, 0.5) is 19.1 Å². The van der Waals surface area contributed by atoms with Gasteiger partial charge in [-0.3, -0.25) is 4.79 Å². The van der Waals surface area contributed by atoms with E-state index >= 15 is 0 Å². The fraction of sp³-hybridized carbons (Fsp3) is 0.545. The normalized spacial score (nSPS) is 16.1. The summed E-state index contributed by atoms with van der Waals surface area (Å²) in [4.78, 5) is 20.5. The zero-order valence-corrected chi connectivity index (χ0v) is 10.7. The lowest BCUT2D eigenvalue weighted by atomic mass is 10.2. The lowest BCUT2D eigenvalue weighted by molar-refractivity contribution is -0.141. The van der Waals surface area contributed by atoms with Crippen molar-refractivity contribution >= 4 is 11.9 Å². The minimum atomic E-state index is -4.72. The summed E-state index contributed by atoms with van der Waals surface area (Å²) in [5, 5.41) is 2.42. The first kappa shape index (κ1) is 14.5. The molecule has 0 atom stereocenters. The molecule has 1 saturated heterocycles. The van der Waals surface area contributed by atoms with Gasteiger partial charge < -0.3 is 15.0 Å². The van der Waals surface area contributed by atoms with Crippen LogP contribution in [0.5, 0.6) is 0 Å². The van der Waals surface area contributed by atoms with Gasteiger partial charge in [-0.05, 0) is 0 Å². The molecule has 1 aliphatic heterocycles. The van der Waals surface area contributed by atoms with E-state index in [0.29, 0.717) is 13.2 Å². The van der Waals surface area contributed by atoms with E-state index in [4.69, 9.17) is 4.74 Å². The maximum absolute atomic E-state index is 13.0. The minimum absolute atomic E-state index is 0.184. The Labute approximate surface area is 113 Å². The predicted molar refractivity (Wildman–Crippen MR) is 63.3 cm³/mol. The Bertz CT molecular complexity index is 501. The van der Waals surface area contributed by atoms with Crippen LogP contribution in [0.25, 0.3) is 0 Å². The molecule has 0 unspecified atom stereocenters. The number of anilines is 1. The summed E-state index contributed by atoms with van der Waals surface area (Å²) in [6, 6.07) is 0. The summed E-state index contributed by atoms with van der Waals surface area (Å²) in [6.07, 6.45) is -3.81. The fourth-order valence-electron chi connectivity index (χ4n) is 1.81. The summed E-state index contributed by atoms with van der Waals surface area (Å²) >= 11 is 0. The number of hydrogen-bond acceptors (Lipinski definition) is 5. The molecule has 2 heterocycles. The number of carbonyl (C=O) groups excluding carboxylic acids is 1. The quantitative estimate of drug-likeness (QED) is 0.880. The number of amides is 1. The summed E-state index contributed by atoms with van der Waals surface area (Å²) in [6.45, 7) is 1.12. The molecule has 0 bridgehead atoms. The smallest absolute Gasteiger partial charge is 0.378 e. The van der Waals surface area contributed by atoms with Crippen LogP contribution in [-0.4, -0.2) is 54.1 Å². The summed E-state index contributed by atoms with van der Waals surface area (Å²) in [7, 11) is 1.40. The largest absolute Gasteiger partial charge is 0.434 e. The molecule has 0 aliphatic carbocycles. The van der Waals surface area contributed by atoms with Crippen molar-refractivity contribution < 1.29 is 22.7 Å². The Balaban J connectivity index is 2.37. The second kappa shape index (κ2) is 5.61. The Morgan fingerprint density at radius 1 is 1.40 bits per heavy atom. The molecule has 9 heteroatoms. The second-order valence-corrected chi connectivity index (χ2v) is 4.11. The first-order valence-electron chi connectivity index (χ1n) is 5.92.